The van der Waals surface area contributed by atoms with Crippen LogP contribution in [0, 0.1) is 5.82 Å². The third-order valence-electron chi connectivity index (χ3n) is 5.00. The van der Waals surface area contributed by atoms with Gasteiger partial charge in [-0.15, -0.1) is 0 Å². The molecular weight excluding hydrogens is 405 g/mol. The Labute approximate surface area is 174 Å². The summed E-state index contributed by atoms with van der Waals surface area (Å²) in [6.45, 7) is 0.612. The first-order valence-corrected chi connectivity index (χ1v) is 11.0. The maximum atomic E-state index is 14.1. The van der Waals surface area contributed by atoms with E-state index in [0.29, 0.717) is 30.6 Å². The van der Waals surface area contributed by atoms with Gasteiger partial charge in [0.1, 0.15) is 10.7 Å². The molecule has 3 aromatic rings. The second-order valence-corrected chi connectivity index (χ2v) is 8.76. The molecule has 0 radical (unpaired) electrons. The van der Waals surface area contributed by atoms with Crippen molar-refractivity contribution in [3.63, 3.8) is 0 Å². The van der Waals surface area contributed by atoms with Crippen LogP contribution in [0.15, 0.2) is 71.8 Å². The second-order valence-electron chi connectivity index (χ2n) is 6.93. The van der Waals surface area contributed by atoms with E-state index < -0.39 is 15.8 Å². The highest BCUT2D eigenvalue weighted by Gasteiger charge is 2.33. The number of fused-ring (bicyclic) bond motifs is 1. The van der Waals surface area contributed by atoms with E-state index in [1.807, 2.05) is 18.2 Å². The molecular formula is C22H20FN3O3S. The number of aromatic nitrogens is 1. The Morgan fingerprint density at radius 2 is 1.90 bits per heavy atom. The Morgan fingerprint density at radius 1 is 1.10 bits per heavy atom. The molecule has 30 heavy (non-hydrogen) atoms. The number of halogens is 1. The molecule has 1 aliphatic heterocycles. The molecule has 6 nitrogen and oxygen atoms in total. The predicted octanol–water partition coefficient (Wildman–Crippen LogP) is 2.94. The van der Waals surface area contributed by atoms with E-state index >= 15 is 0 Å². The number of sulfonamides is 1. The van der Waals surface area contributed by atoms with E-state index in [-0.39, 0.29) is 17.3 Å². The van der Waals surface area contributed by atoms with Gasteiger partial charge in [0.15, 0.2) is 0 Å². The number of hydrogen-bond acceptors (Lipinski definition) is 4. The summed E-state index contributed by atoms with van der Waals surface area (Å²) in [5, 5.41) is 2.83. The Hall–Kier alpha value is -3.26. The second kappa shape index (κ2) is 8.23. The van der Waals surface area contributed by atoms with Crippen molar-refractivity contribution in [3.8, 4) is 0 Å². The zero-order valence-corrected chi connectivity index (χ0v) is 16.9. The van der Waals surface area contributed by atoms with Crippen LogP contribution in [-0.4, -0.2) is 32.4 Å². The van der Waals surface area contributed by atoms with Crippen LogP contribution in [0.3, 0.4) is 0 Å². The first-order valence-electron chi connectivity index (χ1n) is 9.55. The van der Waals surface area contributed by atoms with Gasteiger partial charge in [0.25, 0.3) is 15.9 Å². The van der Waals surface area contributed by atoms with Gasteiger partial charge in [-0.25, -0.2) is 12.8 Å². The number of pyridine rings is 1. The molecule has 154 valence electrons. The Balaban J connectivity index is 1.53. The van der Waals surface area contributed by atoms with Crippen LogP contribution in [-0.2, 0) is 22.9 Å². The van der Waals surface area contributed by atoms with Crippen molar-refractivity contribution < 1.29 is 17.6 Å². The van der Waals surface area contributed by atoms with Crippen molar-refractivity contribution in [3.05, 3.63) is 89.5 Å². The number of nitrogens with one attached hydrogen (secondary N) is 1. The first kappa shape index (κ1) is 20.0. The first-order chi connectivity index (χ1) is 14.5. The third-order valence-corrected chi connectivity index (χ3v) is 6.84. The maximum Gasteiger partial charge on any atom is 0.267 e. The van der Waals surface area contributed by atoms with E-state index in [2.05, 4.69) is 10.3 Å². The SMILES string of the molecule is O=C(NCCc1ccccn1)c1ccc2c(c1)N(S(=O)(=O)c1ccccc1F)CC2. The smallest absolute Gasteiger partial charge is 0.267 e. The molecule has 2 aromatic carbocycles. The number of anilines is 1. The largest absolute Gasteiger partial charge is 0.352 e. The molecule has 1 amide bonds. The number of amides is 1. The van der Waals surface area contributed by atoms with Crippen molar-refractivity contribution in [1.82, 2.24) is 10.3 Å². The topological polar surface area (TPSA) is 79.4 Å². The van der Waals surface area contributed by atoms with Crippen LogP contribution >= 0.6 is 0 Å². The average Bonchev–Trinajstić information content (AvgIpc) is 3.19. The van der Waals surface area contributed by atoms with Crippen LogP contribution in [0.4, 0.5) is 10.1 Å². The summed E-state index contributed by atoms with van der Waals surface area (Å²) in [5.41, 5.74) is 2.44. The van der Waals surface area contributed by atoms with Crippen molar-refractivity contribution in [1.29, 1.82) is 0 Å². The standard InChI is InChI=1S/C22H20FN3O3S/c23-19-6-1-2-7-21(19)30(28,29)26-14-11-16-8-9-17(15-20(16)26)22(27)25-13-10-18-5-3-4-12-24-18/h1-9,12,15H,10-11,13-14H2,(H,25,27). The van der Waals surface area contributed by atoms with Gasteiger partial charge in [0.05, 0.1) is 5.69 Å². The summed E-state index contributed by atoms with van der Waals surface area (Å²) in [6.07, 6.45) is 2.79. The zero-order chi connectivity index (χ0) is 21.1. The van der Waals surface area contributed by atoms with Crippen molar-refractivity contribution in [2.24, 2.45) is 0 Å². The minimum atomic E-state index is -4.06. The van der Waals surface area contributed by atoms with Crippen LogP contribution in [0.5, 0.6) is 0 Å². The van der Waals surface area contributed by atoms with Crippen molar-refractivity contribution in [2.75, 3.05) is 17.4 Å². The molecule has 0 fully saturated rings. The van der Waals surface area contributed by atoms with E-state index in [0.717, 1.165) is 17.3 Å². The number of benzene rings is 2. The zero-order valence-electron chi connectivity index (χ0n) is 16.1. The minimum Gasteiger partial charge on any atom is -0.352 e. The van der Waals surface area contributed by atoms with Crippen LogP contribution in [0.1, 0.15) is 21.6 Å². The van der Waals surface area contributed by atoms with Gasteiger partial charge < -0.3 is 5.32 Å². The highest BCUT2D eigenvalue weighted by Crippen LogP contribution is 2.34. The van der Waals surface area contributed by atoms with E-state index in [1.54, 1.807) is 24.4 Å². The summed E-state index contributed by atoms with van der Waals surface area (Å²) in [4.78, 5) is 16.4. The highest BCUT2D eigenvalue weighted by molar-refractivity contribution is 7.92. The normalized spacial score (nSPS) is 13.2. The van der Waals surface area contributed by atoms with Gasteiger partial charge in [-0.05, 0) is 48.4 Å². The molecule has 8 heteroatoms. The summed E-state index contributed by atoms with van der Waals surface area (Å²) in [5.74, 6) is -1.10. The molecule has 0 spiro atoms. The number of rotatable bonds is 6. The van der Waals surface area contributed by atoms with Gasteiger partial charge in [0, 0.05) is 37.0 Å². The van der Waals surface area contributed by atoms with Crippen LogP contribution in [0.2, 0.25) is 0 Å². The lowest BCUT2D eigenvalue weighted by Crippen LogP contribution is -2.30. The lowest BCUT2D eigenvalue weighted by Gasteiger charge is -2.20. The van der Waals surface area contributed by atoms with Crippen molar-refractivity contribution >= 4 is 21.6 Å². The van der Waals surface area contributed by atoms with E-state index in [9.17, 15) is 17.6 Å². The fraction of sp³-hybridized carbons (Fsp3) is 0.182. The van der Waals surface area contributed by atoms with Crippen molar-refractivity contribution in [2.45, 2.75) is 17.7 Å². The molecule has 0 aliphatic carbocycles. The fourth-order valence-corrected chi connectivity index (χ4v) is 5.03. The Kier molecular flexibility index (Phi) is 5.50. The molecule has 0 bridgehead atoms. The molecule has 1 N–H and O–H groups in total. The monoisotopic (exact) mass is 425 g/mol. The molecule has 4 rings (SSSR count). The van der Waals surface area contributed by atoms with Gasteiger partial charge >= 0.3 is 0 Å². The summed E-state index contributed by atoms with van der Waals surface area (Å²) in [6, 6.07) is 15.9. The predicted molar refractivity (Wildman–Crippen MR) is 111 cm³/mol. The molecule has 0 atom stereocenters. The average molecular weight is 425 g/mol. The number of hydrogen-bond donors (Lipinski definition) is 1. The molecule has 0 saturated heterocycles. The van der Waals surface area contributed by atoms with Crippen LogP contribution < -0.4 is 9.62 Å². The molecule has 0 saturated carbocycles. The molecule has 0 unspecified atom stereocenters. The molecule has 1 aromatic heterocycles. The van der Waals surface area contributed by atoms with Gasteiger partial charge in [-0.1, -0.05) is 24.3 Å². The summed E-state index contributed by atoms with van der Waals surface area (Å²) >= 11 is 0. The summed E-state index contributed by atoms with van der Waals surface area (Å²) < 4.78 is 41.3. The highest BCUT2D eigenvalue weighted by atomic mass is 32.2. The number of carbonyl (C=O) groups is 1. The molecule has 1 aliphatic rings. The van der Waals surface area contributed by atoms with Gasteiger partial charge in [-0.3, -0.25) is 14.1 Å². The van der Waals surface area contributed by atoms with Gasteiger partial charge in [-0.2, -0.15) is 0 Å². The third kappa shape index (κ3) is 3.91. The Morgan fingerprint density at radius 3 is 2.67 bits per heavy atom. The maximum absolute atomic E-state index is 14.1. The quantitative estimate of drug-likeness (QED) is 0.659. The lowest BCUT2D eigenvalue weighted by molar-refractivity contribution is 0.0954. The number of carbonyl (C=O) groups excluding carboxylic acids is 1. The van der Waals surface area contributed by atoms with E-state index in [1.165, 1.54) is 22.5 Å². The fourth-order valence-electron chi connectivity index (χ4n) is 3.47. The van der Waals surface area contributed by atoms with Crippen LogP contribution in [0.25, 0.3) is 0 Å². The summed E-state index contributed by atoms with van der Waals surface area (Å²) in [7, 11) is -4.06. The Bertz CT molecular complexity index is 1180. The van der Waals surface area contributed by atoms with E-state index in [4.69, 9.17) is 0 Å². The lowest BCUT2D eigenvalue weighted by atomic mass is 10.1. The number of nitrogens with zero attached hydrogens (tertiary/aromatic N) is 2. The van der Waals surface area contributed by atoms with Gasteiger partial charge in [0.2, 0.25) is 0 Å². The minimum absolute atomic E-state index is 0.205. The molecule has 2 heterocycles.